The summed E-state index contributed by atoms with van der Waals surface area (Å²) in [7, 11) is 2.10. The van der Waals surface area contributed by atoms with Crippen LogP contribution in [0.1, 0.15) is 43.1 Å². The first-order valence-electron chi connectivity index (χ1n) is 8.05. The Morgan fingerprint density at radius 3 is 2.59 bits per heavy atom. The standard InChI is InChI=1S/C18H28N2O2/c1-18(2,3)15-7-5-14(6-8-15)17(21)19-10-9-16-13-20(4)11-12-22-16/h5-8,16H,9-13H2,1-4H3,(H,19,21). The van der Waals surface area contributed by atoms with Gasteiger partial charge < -0.3 is 15.0 Å². The smallest absolute Gasteiger partial charge is 0.251 e. The summed E-state index contributed by atoms with van der Waals surface area (Å²) in [6, 6.07) is 7.88. The molecule has 0 radical (unpaired) electrons. The molecule has 0 saturated carbocycles. The minimum absolute atomic E-state index is 0.00961. The highest BCUT2D eigenvalue weighted by atomic mass is 16.5. The van der Waals surface area contributed by atoms with Crippen LogP contribution in [0.4, 0.5) is 0 Å². The summed E-state index contributed by atoms with van der Waals surface area (Å²) in [6.07, 6.45) is 1.08. The fourth-order valence-corrected chi connectivity index (χ4v) is 2.61. The van der Waals surface area contributed by atoms with Crippen LogP contribution >= 0.6 is 0 Å². The number of hydrogen-bond donors (Lipinski definition) is 1. The lowest BCUT2D eigenvalue weighted by atomic mass is 9.87. The van der Waals surface area contributed by atoms with Crippen molar-refractivity contribution in [2.45, 2.75) is 38.7 Å². The second-order valence-corrected chi connectivity index (χ2v) is 7.13. The molecule has 1 aliphatic heterocycles. The summed E-state index contributed by atoms with van der Waals surface area (Å²) in [6.45, 7) is 9.87. The molecule has 1 heterocycles. The number of amides is 1. The van der Waals surface area contributed by atoms with Gasteiger partial charge in [-0.2, -0.15) is 0 Å². The number of hydrogen-bond acceptors (Lipinski definition) is 3. The van der Waals surface area contributed by atoms with Gasteiger partial charge >= 0.3 is 0 Å². The van der Waals surface area contributed by atoms with Gasteiger partial charge in [0.1, 0.15) is 0 Å². The van der Waals surface area contributed by atoms with Crippen LogP contribution in [0, 0.1) is 0 Å². The van der Waals surface area contributed by atoms with Crippen molar-refractivity contribution in [3.8, 4) is 0 Å². The molecule has 1 unspecified atom stereocenters. The van der Waals surface area contributed by atoms with E-state index in [9.17, 15) is 4.79 Å². The van der Waals surface area contributed by atoms with E-state index in [2.05, 4.69) is 38.0 Å². The second-order valence-electron chi connectivity index (χ2n) is 7.13. The zero-order chi connectivity index (χ0) is 16.2. The SMILES string of the molecule is CN1CCOC(CCNC(=O)c2ccc(C(C)(C)C)cc2)C1. The lowest BCUT2D eigenvalue weighted by molar-refractivity contribution is -0.0226. The molecular formula is C18H28N2O2. The van der Waals surface area contributed by atoms with Crippen molar-refractivity contribution in [2.24, 2.45) is 0 Å². The van der Waals surface area contributed by atoms with E-state index in [0.717, 1.165) is 31.7 Å². The number of benzene rings is 1. The van der Waals surface area contributed by atoms with Crippen LogP contribution in [0.3, 0.4) is 0 Å². The van der Waals surface area contributed by atoms with Gasteiger partial charge in [0.2, 0.25) is 0 Å². The molecule has 2 rings (SSSR count). The van der Waals surface area contributed by atoms with Gasteiger partial charge in [0.15, 0.2) is 0 Å². The molecule has 4 heteroatoms. The Balaban J connectivity index is 1.79. The first kappa shape index (κ1) is 17.0. The summed E-state index contributed by atoms with van der Waals surface area (Å²) in [5.41, 5.74) is 2.07. The van der Waals surface area contributed by atoms with Crippen molar-refractivity contribution >= 4 is 5.91 Å². The largest absolute Gasteiger partial charge is 0.375 e. The minimum Gasteiger partial charge on any atom is -0.375 e. The van der Waals surface area contributed by atoms with Gasteiger partial charge in [0.25, 0.3) is 5.91 Å². The lowest BCUT2D eigenvalue weighted by Gasteiger charge is -2.30. The molecule has 22 heavy (non-hydrogen) atoms. The summed E-state index contributed by atoms with van der Waals surface area (Å²) in [4.78, 5) is 14.4. The van der Waals surface area contributed by atoms with Crippen molar-refractivity contribution in [2.75, 3.05) is 33.3 Å². The van der Waals surface area contributed by atoms with Gasteiger partial charge in [-0.3, -0.25) is 4.79 Å². The van der Waals surface area contributed by atoms with Crippen LogP contribution in [0.15, 0.2) is 24.3 Å². The van der Waals surface area contributed by atoms with Crippen LogP contribution in [0.5, 0.6) is 0 Å². The van der Waals surface area contributed by atoms with E-state index >= 15 is 0 Å². The maximum atomic E-state index is 12.1. The molecule has 4 nitrogen and oxygen atoms in total. The number of carbonyl (C=O) groups excluding carboxylic acids is 1. The number of carbonyl (C=O) groups is 1. The second kappa shape index (κ2) is 7.25. The van der Waals surface area contributed by atoms with Crippen LogP contribution in [0.2, 0.25) is 0 Å². The Morgan fingerprint density at radius 2 is 2.00 bits per heavy atom. The highest BCUT2D eigenvalue weighted by molar-refractivity contribution is 5.94. The number of rotatable bonds is 4. The number of ether oxygens (including phenoxy) is 1. The molecule has 1 fully saturated rings. The zero-order valence-corrected chi connectivity index (χ0v) is 14.2. The molecular weight excluding hydrogens is 276 g/mol. The Bertz CT molecular complexity index is 491. The lowest BCUT2D eigenvalue weighted by Crippen LogP contribution is -2.41. The predicted molar refractivity (Wildman–Crippen MR) is 89.3 cm³/mol. The van der Waals surface area contributed by atoms with Crippen LogP contribution < -0.4 is 5.32 Å². The van der Waals surface area contributed by atoms with Crippen molar-refractivity contribution in [3.63, 3.8) is 0 Å². The van der Waals surface area contributed by atoms with Crippen molar-refractivity contribution in [1.82, 2.24) is 10.2 Å². The van der Waals surface area contributed by atoms with E-state index in [0.29, 0.717) is 6.54 Å². The molecule has 0 spiro atoms. The molecule has 1 saturated heterocycles. The van der Waals surface area contributed by atoms with E-state index in [1.54, 1.807) is 0 Å². The molecule has 1 amide bonds. The van der Waals surface area contributed by atoms with E-state index in [4.69, 9.17) is 4.74 Å². The zero-order valence-electron chi connectivity index (χ0n) is 14.2. The summed E-state index contributed by atoms with van der Waals surface area (Å²) in [5, 5.41) is 2.98. The number of likely N-dealkylation sites (N-methyl/N-ethyl adjacent to an activating group) is 1. The quantitative estimate of drug-likeness (QED) is 0.929. The summed E-state index contributed by atoms with van der Waals surface area (Å²) in [5.74, 6) is -0.00961. The van der Waals surface area contributed by atoms with E-state index in [1.165, 1.54) is 5.56 Å². The fourth-order valence-electron chi connectivity index (χ4n) is 2.61. The molecule has 1 aromatic carbocycles. The topological polar surface area (TPSA) is 41.6 Å². The van der Waals surface area contributed by atoms with E-state index in [1.807, 2.05) is 24.3 Å². The van der Waals surface area contributed by atoms with E-state index < -0.39 is 0 Å². The van der Waals surface area contributed by atoms with Crippen LogP contribution in [-0.2, 0) is 10.2 Å². The number of nitrogens with one attached hydrogen (secondary N) is 1. The maximum Gasteiger partial charge on any atom is 0.251 e. The van der Waals surface area contributed by atoms with Gasteiger partial charge in [-0.1, -0.05) is 32.9 Å². The van der Waals surface area contributed by atoms with Crippen LogP contribution in [0.25, 0.3) is 0 Å². The third kappa shape index (κ3) is 4.82. The Kier molecular flexibility index (Phi) is 5.59. The number of nitrogens with zero attached hydrogens (tertiary/aromatic N) is 1. The molecule has 122 valence electrons. The first-order valence-corrected chi connectivity index (χ1v) is 8.05. The van der Waals surface area contributed by atoms with Crippen molar-refractivity contribution < 1.29 is 9.53 Å². The molecule has 1 atom stereocenters. The molecule has 0 aromatic heterocycles. The monoisotopic (exact) mass is 304 g/mol. The average Bonchev–Trinajstić information content (AvgIpc) is 2.46. The van der Waals surface area contributed by atoms with E-state index in [-0.39, 0.29) is 17.4 Å². The number of morpholine rings is 1. The summed E-state index contributed by atoms with van der Waals surface area (Å²) >= 11 is 0. The normalized spacial score (nSPS) is 19.9. The highest BCUT2D eigenvalue weighted by Gasteiger charge is 2.18. The Labute approximate surface area is 133 Å². The molecule has 1 N–H and O–H groups in total. The maximum absolute atomic E-state index is 12.1. The molecule has 1 aromatic rings. The molecule has 0 bridgehead atoms. The fraction of sp³-hybridized carbons (Fsp3) is 0.611. The first-order chi connectivity index (χ1) is 10.4. The Morgan fingerprint density at radius 1 is 1.32 bits per heavy atom. The van der Waals surface area contributed by atoms with Crippen LogP contribution in [-0.4, -0.2) is 50.2 Å². The summed E-state index contributed by atoms with van der Waals surface area (Å²) < 4.78 is 5.70. The molecule has 0 aliphatic carbocycles. The predicted octanol–water partition coefficient (Wildman–Crippen LogP) is 2.43. The van der Waals surface area contributed by atoms with Gasteiger partial charge in [-0.15, -0.1) is 0 Å². The Hall–Kier alpha value is -1.39. The third-order valence-corrected chi connectivity index (χ3v) is 4.11. The van der Waals surface area contributed by atoms with Gasteiger partial charge in [0, 0.05) is 25.2 Å². The van der Waals surface area contributed by atoms with Gasteiger partial charge in [-0.05, 0) is 36.6 Å². The average molecular weight is 304 g/mol. The van der Waals surface area contributed by atoms with Gasteiger partial charge in [-0.25, -0.2) is 0 Å². The highest BCUT2D eigenvalue weighted by Crippen LogP contribution is 2.22. The van der Waals surface area contributed by atoms with Crippen molar-refractivity contribution in [1.29, 1.82) is 0 Å². The molecule has 1 aliphatic rings. The minimum atomic E-state index is -0.00961. The van der Waals surface area contributed by atoms with Crippen molar-refractivity contribution in [3.05, 3.63) is 35.4 Å². The van der Waals surface area contributed by atoms with Gasteiger partial charge in [0.05, 0.1) is 12.7 Å². The third-order valence-electron chi connectivity index (χ3n) is 4.11.